The summed E-state index contributed by atoms with van der Waals surface area (Å²) in [5.74, 6) is 0.271. The zero-order chi connectivity index (χ0) is 22.6. The molecule has 2 N–H and O–H groups in total. The number of nitrogens with zero attached hydrogens (tertiary/aromatic N) is 1. The van der Waals surface area contributed by atoms with Crippen molar-refractivity contribution in [2.45, 2.75) is 4.90 Å². The smallest absolute Gasteiger partial charge is 0.291 e. The maximum absolute atomic E-state index is 13.4. The summed E-state index contributed by atoms with van der Waals surface area (Å²) >= 11 is 0. The first-order valence-corrected chi connectivity index (χ1v) is 11.4. The van der Waals surface area contributed by atoms with Crippen LogP contribution in [0.1, 0.15) is 10.6 Å². The number of benzene rings is 2. The SMILES string of the molecule is COc1ccc(NS(=O)(=O)c2cc(NC(=O)c3ccco3)ccc2N2CCOCC2)cc1. The topological polar surface area (TPSA) is 110 Å². The number of hydrogen-bond donors (Lipinski definition) is 2. The third-order valence-corrected chi connectivity index (χ3v) is 6.36. The zero-order valence-corrected chi connectivity index (χ0v) is 18.2. The van der Waals surface area contributed by atoms with Gasteiger partial charge >= 0.3 is 0 Å². The van der Waals surface area contributed by atoms with Crippen LogP contribution >= 0.6 is 0 Å². The monoisotopic (exact) mass is 457 g/mol. The lowest BCUT2D eigenvalue weighted by Gasteiger charge is -2.30. The molecule has 1 aliphatic heterocycles. The molecule has 1 aromatic heterocycles. The molecule has 1 aliphatic rings. The average molecular weight is 458 g/mol. The molecule has 0 radical (unpaired) electrons. The van der Waals surface area contributed by atoms with Gasteiger partial charge in [-0.1, -0.05) is 0 Å². The molecule has 0 atom stereocenters. The average Bonchev–Trinajstić information content (AvgIpc) is 3.35. The van der Waals surface area contributed by atoms with E-state index in [1.54, 1.807) is 42.5 Å². The maximum Gasteiger partial charge on any atom is 0.291 e. The van der Waals surface area contributed by atoms with Gasteiger partial charge in [-0.25, -0.2) is 8.42 Å². The first kappa shape index (κ1) is 21.7. The molecule has 0 aliphatic carbocycles. The summed E-state index contributed by atoms with van der Waals surface area (Å²) < 4.78 is 44.9. The first-order valence-electron chi connectivity index (χ1n) is 9.95. The number of nitrogens with one attached hydrogen (secondary N) is 2. The first-order chi connectivity index (χ1) is 15.5. The van der Waals surface area contributed by atoms with E-state index < -0.39 is 15.9 Å². The highest BCUT2D eigenvalue weighted by atomic mass is 32.2. The van der Waals surface area contributed by atoms with Gasteiger partial charge in [0.2, 0.25) is 0 Å². The van der Waals surface area contributed by atoms with Crippen LogP contribution in [0.5, 0.6) is 5.75 Å². The minimum atomic E-state index is -3.97. The van der Waals surface area contributed by atoms with Crippen molar-refractivity contribution in [2.75, 3.05) is 48.4 Å². The Hall–Kier alpha value is -3.50. The third-order valence-electron chi connectivity index (χ3n) is 4.95. The highest BCUT2D eigenvalue weighted by molar-refractivity contribution is 7.92. The number of amides is 1. The van der Waals surface area contributed by atoms with E-state index in [-0.39, 0.29) is 10.7 Å². The van der Waals surface area contributed by atoms with E-state index >= 15 is 0 Å². The number of morpholine rings is 1. The second kappa shape index (κ2) is 9.33. The van der Waals surface area contributed by atoms with Crippen molar-refractivity contribution < 1.29 is 27.1 Å². The molecule has 32 heavy (non-hydrogen) atoms. The van der Waals surface area contributed by atoms with Crippen molar-refractivity contribution in [1.29, 1.82) is 0 Å². The molecule has 1 fully saturated rings. The minimum absolute atomic E-state index is 0.0486. The van der Waals surface area contributed by atoms with Gasteiger partial charge in [-0.05, 0) is 54.6 Å². The normalized spacial score (nSPS) is 14.1. The van der Waals surface area contributed by atoms with E-state index in [9.17, 15) is 13.2 Å². The van der Waals surface area contributed by atoms with E-state index in [2.05, 4.69) is 10.0 Å². The number of ether oxygens (including phenoxy) is 2. The van der Waals surface area contributed by atoms with Gasteiger partial charge in [-0.3, -0.25) is 9.52 Å². The van der Waals surface area contributed by atoms with Crippen molar-refractivity contribution in [2.24, 2.45) is 0 Å². The van der Waals surface area contributed by atoms with Crippen molar-refractivity contribution in [3.63, 3.8) is 0 Å². The molecule has 1 amide bonds. The van der Waals surface area contributed by atoms with Crippen LogP contribution < -0.4 is 19.7 Å². The molecule has 0 bridgehead atoms. The molecule has 0 unspecified atom stereocenters. The van der Waals surface area contributed by atoms with Crippen molar-refractivity contribution in [3.05, 3.63) is 66.6 Å². The van der Waals surface area contributed by atoms with Gasteiger partial charge in [-0.2, -0.15) is 0 Å². The van der Waals surface area contributed by atoms with Crippen LogP contribution in [-0.4, -0.2) is 47.7 Å². The number of sulfonamides is 1. The molecule has 0 spiro atoms. The quantitative estimate of drug-likeness (QED) is 0.561. The highest BCUT2D eigenvalue weighted by Gasteiger charge is 2.25. The second-order valence-electron chi connectivity index (χ2n) is 7.05. The number of rotatable bonds is 7. The summed E-state index contributed by atoms with van der Waals surface area (Å²) in [4.78, 5) is 14.4. The number of furan rings is 1. The van der Waals surface area contributed by atoms with Crippen LogP contribution in [0.25, 0.3) is 0 Å². The molecule has 10 heteroatoms. The lowest BCUT2D eigenvalue weighted by molar-refractivity contribution is 0.0996. The summed E-state index contributed by atoms with van der Waals surface area (Å²) in [6.07, 6.45) is 1.39. The Kier molecular flexibility index (Phi) is 6.33. The van der Waals surface area contributed by atoms with Crippen molar-refractivity contribution >= 4 is 33.0 Å². The minimum Gasteiger partial charge on any atom is -0.497 e. The van der Waals surface area contributed by atoms with E-state index in [0.29, 0.717) is 49.1 Å². The lowest BCUT2D eigenvalue weighted by atomic mass is 10.2. The van der Waals surface area contributed by atoms with Crippen LogP contribution in [0.4, 0.5) is 17.1 Å². The largest absolute Gasteiger partial charge is 0.497 e. The molecular formula is C22H23N3O6S. The molecule has 168 valence electrons. The Morgan fingerprint density at radius 2 is 1.75 bits per heavy atom. The van der Waals surface area contributed by atoms with Gasteiger partial charge in [0.05, 0.1) is 32.3 Å². The predicted molar refractivity (Wildman–Crippen MR) is 120 cm³/mol. The van der Waals surface area contributed by atoms with Gasteiger partial charge in [0, 0.05) is 24.5 Å². The van der Waals surface area contributed by atoms with Crippen LogP contribution in [0.2, 0.25) is 0 Å². The number of hydrogen-bond acceptors (Lipinski definition) is 7. The number of carbonyl (C=O) groups excluding carboxylic acids is 1. The highest BCUT2D eigenvalue weighted by Crippen LogP contribution is 2.31. The summed E-state index contributed by atoms with van der Waals surface area (Å²) in [6.45, 7) is 2.12. The molecule has 2 heterocycles. The van der Waals surface area contributed by atoms with Gasteiger partial charge in [0.15, 0.2) is 5.76 Å². The molecule has 0 saturated carbocycles. The fourth-order valence-electron chi connectivity index (χ4n) is 3.34. The standard InChI is InChI=1S/C22H23N3O6S/c1-29-18-7-4-16(5-8-18)24-32(27,28)21-15-17(23-22(26)20-3-2-12-31-20)6-9-19(21)25-10-13-30-14-11-25/h2-9,12,15,24H,10-11,13-14H2,1H3,(H,23,26). The zero-order valence-electron chi connectivity index (χ0n) is 17.4. The number of methoxy groups -OCH3 is 1. The van der Waals surface area contributed by atoms with E-state index in [1.165, 1.54) is 25.5 Å². The second-order valence-corrected chi connectivity index (χ2v) is 8.70. The van der Waals surface area contributed by atoms with Crippen molar-refractivity contribution in [1.82, 2.24) is 0 Å². The molecule has 2 aromatic carbocycles. The maximum atomic E-state index is 13.4. The lowest BCUT2D eigenvalue weighted by Crippen LogP contribution is -2.37. The fraction of sp³-hybridized carbons (Fsp3) is 0.227. The Morgan fingerprint density at radius 3 is 2.41 bits per heavy atom. The Bertz CT molecular complexity index is 1170. The summed E-state index contributed by atoms with van der Waals surface area (Å²) in [5.41, 5.74) is 1.26. The Labute approximate surface area is 186 Å². The summed E-state index contributed by atoms with van der Waals surface area (Å²) in [5, 5.41) is 2.68. The van der Waals surface area contributed by atoms with Gasteiger partial charge in [-0.15, -0.1) is 0 Å². The predicted octanol–water partition coefficient (Wildman–Crippen LogP) is 3.18. The molecule has 1 saturated heterocycles. The third kappa shape index (κ3) is 4.87. The molecule has 4 rings (SSSR count). The van der Waals surface area contributed by atoms with Gasteiger partial charge in [0.25, 0.3) is 15.9 Å². The molecule has 3 aromatic rings. The summed E-state index contributed by atoms with van der Waals surface area (Å²) in [7, 11) is -2.44. The Morgan fingerprint density at radius 1 is 1.03 bits per heavy atom. The van der Waals surface area contributed by atoms with Crippen molar-refractivity contribution in [3.8, 4) is 5.75 Å². The van der Waals surface area contributed by atoms with Gasteiger partial charge < -0.3 is 24.1 Å². The van der Waals surface area contributed by atoms with Crippen LogP contribution in [0, 0.1) is 0 Å². The van der Waals surface area contributed by atoms with Crippen LogP contribution in [0.3, 0.4) is 0 Å². The fourth-order valence-corrected chi connectivity index (χ4v) is 4.65. The van der Waals surface area contributed by atoms with Gasteiger partial charge in [0.1, 0.15) is 10.6 Å². The summed E-state index contributed by atoms with van der Waals surface area (Å²) in [6, 6.07) is 14.5. The van der Waals surface area contributed by atoms with E-state index in [4.69, 9.17) is 13.9 Å². The number of carbonyl (C=O) groups is 1. The molecule has 9 nitrogen and oxygen atoms in total. The molecular weight excluding hydrogens is 434 g/mol. The van der Waals surface area contributed by atoms with Crippen LogP contribution in [0.15, 0.2) is 70.2 Å². The Balaban J connectivity index is 1.67. The number of anilines is 3. The van der Waals surface area contributed by atoms with E-state index in [0.717, 1.165) is 0 Å². The van der Waals surface area contributed by atoms with E-state index in [1.807, 2.05) is 4.90 Å². The van der Waals surface area contributed by atoms with Crippen LogP contribution in [-0.2, 0) is 14.8 Å².